The van der Waals surface area contributed by atoms with E-state index in [1.165, 1.54) is 5.70 Å². The Morgan fingerprint density at radius 2 is 2.15 bits per heavy atom. The molecule has 2 aliphatic rings. The highest BCUT2D eigenvalue weighted by Gasteiger charge is 2.13. The molecular formula is C10H16N2O. The van der Waals surface area contributed by atoms with Gasteiger partial charge in [-0.15, -0.1) is 0 Å². The normalized spacial score (nSPS) is 28.8. The van der Waals surface area contributed by atoms with Crippen LogP contribution >= 0.6 is 0 Å². The van der Waals surface area contributed by atoms with Crippen LogP contribution in [0.2, 0.25) is 0 Å². The molecule has 1 aliphatic carbocycles. The van der Waals surface area contributed by atoms with Gasteiger partial charge in [-0.05, 0) is 12.5 Å². The molecule has 0 aromatic carbocycles. The van der Waals surface area contributed by atoms with Gasteiger partial charge in [-0.1, -0.05) is 12.2 Å². The summed E-state index contributed by atoms with van der Waals surface area (Å²) < 4.78 is 5.29. The first-order chi connectivity index (χ1) is 6.36. The zero-order valence-corrected chi connectivity index (χ0v) is 7.78. The Balaban J connectivity index is 1.96. The van der Waals surface area contributed by atoms with Gasteiger partial charge in [0, 0.05) is 24.8 Å². The summed E-state index contributed by atoms with van der Waals surface area (Å²) in [4.78, 5) is 2.35. The molecule has 1 aliphatic heterocycles. The van der Waals surface area contributed by atoms with Crippen molar-refractivity contribution in [2.75, 3.05) is 26.3 Å². The molecule has 0 aromatic heterocycles. The molecule has 72 valence electrons. The number of ether oxygens (including phenoxy) is 1. The van der Waals surface area contributed by atoms with Crippen LogP contribution in [0.25, 0.3) is 0 Å². The molecule has 1 fully saturated rings. The first-order valence-corrected chi connectivity index (χ1v) is 4.83. The summed E-state index contributed by atoms with van der Waals surface area (Å²) in [6, 6.07) is 0.213. The standard InChI is InChI=1S/C10H16N2O/c11-9-1-3-10(4-2-9)12-5-7-13-8-6-12/h1,3-4,9H,2,5-8,11H2. The zero-order chi connectivity index (χ0) is 9.10. The maximum Gasteiger partial charge on any atom is 0.0642 e. The van der Waals surface area contributed by atoms with Crippen molar-refractivity contribution in [1.29, 1.82) is 0 Å². The van der Waals surface area contributed by atoms with Gasteiger partial charge < -0.3 is 15.4 Å². The molecule has 1 unspecified atom stereocenters. The van der Waals surface area contributed by atoms with Crippen LogP contribution in [0, 0.1) is 0 Å². The van der Waals surface area contributed by atoms with Crippen molar-refractivity contribution in [2.45, 2.75) is 12.5 Å². The smallest absolute Gasteiger partial charge is 0.0642 e. The Morgan fingerprint density at radius 3 is 2.77 bits per heavy atom. The van der Waals surface area contributed by atoms with Crippen molar-refractivity contribution in [3.8, 4) is 0 Å². The van der Waals surface area contributed by atoms with E-state index in [9.17, 15) is 0 Å². The van der Waals surface area contributed by atoms with E-state index in [0.29, 0.717) is 0 Å². The van der Waals surface area contributed by atoms with Crippen LogP contribution in [-0.2, 0) is 4.74 Å². The quantitative estimate of drug-likeness (QED) is 0.638. The fourth-order valence-corrected chi connectivity index (χ4v) is 1.68. The van der Waals surface area contributed by atoms with Crippen LogP contribution in [-0.4, -0.2) is 37.2 Å². The minimum absolute atomic E-state index is 0.213. The van der Waals surface area contributed by atoms with E-state index >= 15 is 0 Å². The first-order valence-electron chi connectivity index (χ1n) is 4.83. The van der Waals surface area contributed by atoms with E-state index in [2.05, 4.69) is 23.1 Å². The highest BCUT2D eigenvalue weighted by atomic mass is 16.5. The van der Waals surface area contributed by atoms with E-state index in [1.54, 1.807) is 0 Å². The van der Waals surface area contributed by atoms with E-state index in [1.807, 2.05) is 0 Å². The predicted octanol–water partition coefficient (Wildman–Crippen LogP) is 0.490. The molecule has 0 amide bonds. The van der Waals surface area contributed by atoms with Crippen LogP contribution in [0.5, 0.6) is 0 Å². The van der Waals surface area contributed by atoms with Gasteiger partial charge in [0.1, 0.15) is 0 Å². The summed E-state index contributed by atoms with van der Waals surface area (Å²) in [6.07, 6.45) is 7.38. The Bertz CT molecular complexity index is 229. The van der Waals surface area contributed by atoms with Gasteiger partial charge in [0.05, 0.1) is 13.2 Å². The van der Waals surface area contributed by atoms with Crippen LogP contribution in [0.4, 0.5) is 0 Å². The lowest BCUT2D eigenvalue weighted by molar-refractivity contribution is 0.0551. The summed E-state index contributed by atoms with van der Waals surface area (Å²) in [6.45, 7) is 3.70. The Labute approximate surface area is 78.8 Å². The lowest BCUT2D eigenvalue weighted by Gasteiger charge is -2.31. The predicted molar refractivity (Wildman–Crippen MR) is 52.2 cm³/mol. The summed E-state index contributed by atoms with van der Waals surface area (Å²) in [5.74, 6) is 0. The van der Waals surface area contributed by atoms with Gasteiger partial charge in [-0.3, -0.25) is 0 Å². The van der Waals surface area contributed by atoms with E-state index in [-0.39, 0.29) is 6.04 Å². The van der Waals surface area contributed by atoms with Gasteiger partial charge in [-0.25, -0.2) is 0 Å². The minimum atomic E-state index is 0.213. The van der Waals surface area contributed by atoms with Crippen molar-refractivity contribution in [2.24, 2.45) is 5.73 Å². The second kappa shape index (κ2) is 3.94. The maximum absolute atomic E-state index is 5.75. The Kier molecular flexibility index (Phi) is 2.66. The van der Waals surface area contributed by atoms with Gasteiger partial charge in [0.25, 0.3) is 0 Å². The van der Waals surface area contributed by atoms with Crippen molar-refractivity contribution >= 4 is 0 Å². The number of hydrogen-bond donors (Lipinski definition) is 1. The molecule has 2 N–H and O–H groups in total. The number of morpholine rings is 1. The summed E-state index contributed by atoms with van der Waals surface area (Å²) in [7, 11) is 0. The number of allylic oxidation sites excluding steroid dienone is 1. The highest BCUT2D eigenvalue weighted by molar-refractivity contribution is 5.24. The third-order valence-electron chi connectivity index (χ3n) is 2.49. The Hall–Kier alpha value is -0.800. The Morgan fingerprint density at radius 1 is 1.38 bits per heavy atom. The molecule has 0 radical (unpaired) electrons. The molecule has 3 heteroatoms. The monoisotopic (exact) mass is 180 g/mol. The second-order valence-electron chi connectivity index (χ2n) is 3.49. The molecule has 0 bridgehead atoms. The summed E-state index contributed by atoms with van der Waals surface area (Å²) >= 11 is 0. The van der Waals surface area contributed by atoms with E-state index < -0.39 is 0 Å². The van der Waals surface area contributed by atoms with Crippen LogP contribution in [0.3, 0.4) is 0 Å². The number of hydrogen-bond acceptors (Lipinski definition) is 3. The fourth-order valence-electron chi connectivity index (χ4n) is 1.68. The van der Waals surface area contributed by atoms with Gasteiger partial charge in [-0.2, -0.15) is 0 Å². The van der Waals surface area contributed by atoms with Crippen LogP contribution in [0.15, 0.2) is 23.9 Å². The highest BCUT2D eigenvalue weighted by Crippen LogP contribution is 2.14. The summed E-state index contributed by atoms with van der Waals surface area (Å²) in [5.41, 5.74) is 7.06. The molecule has 1 atom stereocenters. The van der Waals surface area contributed by atoms with Gasteiger partial charge >= 0.3 is 0 Å². The van der Waals surface area contributed by atoms with Gasteiger partial charge in [0.2, 0.25) is 0 Å². The molecule has 1 saturated heterocycles. The van der Waals surface area contributed by atoms with Crippen molar-refractivity contribution in [3.63, 3.8) is 0 Å². The summed E-state index contributed by atoms with van der Waals surface area (Å²) in [5, 5.41) is 0. The molecule has 13 heavy (non-hydrogen) atoms. The van der Waals surface area contributed by atoms with Crippen molar-refractivity contribution in [3.05, 3.63) is 23.9 Å². The zero-order valence-electron chi connectivity index (χ0n) is 7.78. The lowest BCUT2D eigenvalue weighted by Crippen LogP contribution is -2.36. The average Bonchev–Trinajstić information content (AvgIpc) is 2.20. The van der Waals surface area contributed by atoms with Crippen LogP contribution in [0.1, 0.15) is 6.42 Å². The molecule has 1 heterocycles. The maximum atomic E-state index is 5.75. The SMILES string of the molecule is NC1C=CC(N2CCOCC2)=CC1. The number of nitrogens with zero attached hydrogens (tertiary/aromatic N) is 1. The van der Waals surface area contributed by atoms with E-state index in [4.69, 9.17) is 10.5 Å². The van der Waals surface area contributed by atoms with Gasteiger partial charge in [0.15, 0.2) is 0 Å². The fraction of sp³-hybridized carbons (Fsp3) is 0.600. The van der Waals surface area contributed by atoms with E-state index in [0.717, 1.165) is 32.7 Å². The third-order valence-corrected chi connectivity index (χ3v) is 2.49. The largest absolute Gasteiger partial charge is 0.378 e. The van der Waals surface area contributed by atoms with Crippen molar-refractivity contribution in [1.82, 2.24) is 4.90 Å². The minimum Gasteiger partial charge on any atom is -0.378 e. The number of nitrogens with two attached hydrogens (primary N) is 1. The average molecular weight is 180 g/mol. The topological polar surface area (TPSA) is 38.5 Å². The molecule has 0 aromatic rings. The molecule has 2 rings (SSSR count). The molecule has 3 nitrogen and oxygen atoms in total. The van der Waals surface area contributed by atoms with Crippen molar-refractivity contribution < 1.29 is 4.74 Å². The first kappa shape index (κ1) is 8.78. The molecule has 0 saturated carbocycles. The lowest BCUT2D eigenvalue weighted by atomic mass is 10.1. The molecule has 0 spiro atoms. The second-order valence-corrected chi connectivity index (χ2v) is 3.49. The van der Waals surface area contributed by atoms with Crippen LogP contribution < -0.4 is 5.73 Å². The molecular weight excluding hydrogens is 164 g/mol. The number of rotatable bonds is 1. The third kappa shape index (κ3) is 2.11.